The van der Waals surface area contributed by atoms with Crippen LogP contribution in [0.1, 0.15) is 50.3 Å². The molecule has 5 nitrogen and oxygen atoms in total. The largest absolute Gasteiger partial charge is 0.483 e. The van der Waals surface area contributed by atoms with Gasteiger partial charge in [0.2, 0.25) is 0 Å². The molecule has 1 aliphatic heterocycles. The molecule has 2 heterocycles. The highest BCUT2D eigenvalue weighted by molar-refractivity contribution is 5.58. The predicted octanol–water partition coefficient (Wildman–Crippen LogP) is 3.74. The first-order valence-electron chi connectivity index (χ1n) is 9.09. The lowest BCUT2D eigenvalue weighted by Crippen LogP contribution is -2.34. The lowest BCUT2D eigenvalue weighted by atomic mass is 9.99. The van der Waals surface area contributed by atoms with Crippen molar-refractivity contribution in [2.75, 3.05) is 18.0 Å². The SMILES string of the molecule is Cc1nnc(COc2ccccc2N2CCCC(C)C2)n1C1CC1. The van der Waals surface area contributed by atoms with Crippen LogP contribution in [0.15, 0.2) is 24.3 Å². The smallest absolute Gasteiger partial charge is 0.171 e. The fourth-order valence-electron chi connectivity index (χ4n) is 3.71. The molecule has 1 saturated heterocycles. The summed E-state index contributed by atoms with van der Waals surface area (Å²) in [6, 6.07) is 8.96. The Bertz CT molecular complexity index is 707. The van der Waals surface area contributed by atoms with Gasteiger partial charge in [0.1, 0.15) is 18.2 Å². The molecule has 1 saturated carbocycles. The summed E-state index contributed by atoms with van der Waals surface area (Å²) in [6.07, 6.45) is 5.04. The molecule has 1 atom stereocenters. The predicted molar refractivity (Wildman–Crippen MR) is 94.4 cm³/mol. The summed E-state index contributed by atoms with van der Waals surface area (Å²) in [5.74, 6) is 3.63. The Balaban J connectivity index is 1.51. The first-order chi connectivity index (χ1) is 11.7. The number of hydrogen-bond acceptors (Lipinski definition) is 4. The van der Waals surface area contributed by atoms with E-state index in [4.69, 9.17) is 4.74 Å². The van der Waals surface area contributed by atoms with Crippen molar-refractivity contribution in [1.82, 2.24) is 14.8 Å². The van der Waals surface area contributed by atoms with Crippen molar-refractivity contribution >= 4 is 5.69 Å². The summed E-state index contributed by atoms with van der Waals surface area (Å²) >= 11 is 0. The average Bonchev–Trinajstić information content (AvgIpc) is 3.36. The summed E-state index contributed by atoms with van der Waals surface area (Å²) in [4.78, 5) is 2.46. The van der Waals surface area contributed by atoms with Crippen molar-refractivity contribution in [3.05, 3.63) is 35.9 Å². The van der Waals surface area contributed by atoms with Crippen molar-refractivity contribution in [2.45, 2.75) is 52.2 Å². The fourth-order valence-corrected chi connectivity index (χ4v) is 3.71. The van der Waals surface area contributed by atoms with Crippen LogP contribution in [0.25, 0.3) is 0 Å². The molecule has 5 heteroatoms. The molecule has 1 aromatic heterocycles. The number of benzene rings is 1. The van der Waals surface area contributed by atoms with Crippen molar-refractivity contribution in [1.29, 1.82) is 0 Å². The van der Waals surface area contributed by atoms with E-state index in [1.54, 1.807) is 0 Å². The maximum Gasteiger partial charge on any atom is 0.171 e. The maximum absolute atomic E-state index is 6.18. The molecular formula is C19H26N4O. The van der Waals surface area contributed by atoms with Crippen LogP contribution in [0.5, 0.6) is 5.75 Å². The van der Waals surface area contributed by atoms with Crippen LogP contribution in [0.2, 0.25) is 0 Å². The summed E-state index contributed by atoms with van der Waals surface area (Å²) in [5.41, 5.74) is 1.21. The van der Waals surface area contributed by atoms with Crippen LogP contribution >= 0.6 is 0 Å². The Morgan fingerprint density at radius 1 is 1.17 bits per heavy atom. The lowest BCUT2D eigenvalue weighted by molar-refractivity contribution is 0.288. The van der Waals surface area contributed by atoms with Gasteiger partial charge >= 0.3 is 0 Å². The molecule has 0 amide bonds. The Morgan fingerprint density at radius 3 is 2.79 bits per heavy atom. The van der Waals surface area contributed by atoms with Gasteiger partial charge in [0.25, 0.3) is 0 Å². The molecule has 1 unspecified atom stereocenters. The Kier molecular flexibility index (Phi) is 4.17. The van der Waals surface area contributed by atoms with Crippen molar-refractivity contribution in [3.8, 4) is 5.75 Å². The number of anilines is 1. The van der Waals surface area contributed by atoms with E-state index < -0.39 is 0 Å². The number of hydrogen-bond donors (Lipinski definition) is 0. The molecule has 1 aromatic carbocycles. The highest BCUT2D eigenvalue weighted by Gasteiger charge is 2.28. The molecule has 24 heavy (non-hydrogen) atoms. The first kappa shape index (κ1) is 15.5. The third kappa shape index (κ3) is 3.12. The highest BCUT2D eigenvalue weighted by atomic mass is 16.5. The van der Waals surface area contributed by atoms with Crippen LogP contribution in [-0.2, 0) is 6.61 Å². The molecule has 4 rings (SSSR count). The molecule has 0 radical (unpaired) electrons. The van der Waals surface area contributed by atoms with Crippen LogP contribution in [0.3, 0.4) is 0 Å². The Morgan fingerprint density at radius 2 is 2.00 bits per heavy atom. The van der Waals surface area contributed by atoms with Crippen molar-refractivity contribution in [2.24, 2.45) is 5.92 Å². The normalized spacial score (nSPS) is 21.1. The van der Waals surface area contributed by atoms with Crippen LogP contribution in [0, 0.1) is 12.8 Å². The molecule has 2 aliphatic rings. The number of nitrogens with zero attached hydrogens (tertiary/aromatic N) is 4. The maximum atomic E-state index is 6.18. The van der Waals surface area contributed by atoms with E-state index >= 15 is 0 Å². The van der Waals surface area contributed by atoms with E-state index in [2.05, 4.69) is 44.8 Å². The van der Waals surface area contributed by atoms with Gasteiger partial charge in [0, 0.05) is 19.1 Å². The van der Waals surface area contributed by atoms with Gasteiger partial charge < -0.3 is 14.2 Å². The van der Waals surface area contributed by atoms with Crippen LogP contribution in [0.4, 0.5) is 5.69 Å². The van der Waals surface area contributed by atoms with E-state index in [9.17, 15) is 0 Å². The van der Waals surface area contributed by atoms with E-state index in [1.807, 2.05) is 13.0 Å². The first-order valence-corrected chi connectivity index (χ1v) is 9.09. The second-order valence-corrected chi connectivity index (χ2v) is 7.21. The minimum atomic E-state index is 0.484. The zero-order chi connectivity index (χ0) is 16.5. The van der Waals surface area contributed by atoms with Gasteiger partial charge in [-0.3, -0.25) is 0 Å². The van der Waals surface area contributed by atoms with E-state index in [1.165, 1.54) is 31.4 Å². The summed E-state index contributed by atoms with van der Waals surface area (Å²) in [6.45, 7) is 7.06. The van der Waals surface area contributed by atoms with E-state index in [0.29, 0.717) is 12.6 Å². The number of aromatic nitrogens is 3. The third-order valence-electron chi connectivity index (χ3n) is 5.07. The Hall–Kier alpha value is -2.04. The van der Waals surface area contributed by atoms with Gasteiger partial charge in [-0.25, -0.2) is 0 Å². The molecule has 2 aromatic rings. The van der Waals surface area contributed by atoms with Gasteiger partial charge in [-0.05, 0) is 50.7 Å². The molecule has 1 aliphatic carbocycles. The zero-order valence-electron chi connectivity index (χ0n) is 14.6. The second-order valence-electron chi connectivity index (χ2n) is 7.21. The quantitative estimate of drug-likeness (QED) is 0.839. The van der Waals surface area contributed by atoms with Crippen LogP contribution in [-0.4, -0.2) is 27.9 Å². The molecule has 0 N–H and O–H groups in total. The van der Waals surface area contributed by atoms with Gasteiger partial charge in [0.05, 0.1) is 5.69 Å². The standard InChI is InChI=1S/C19H26N4O/c1-14-6-5-11-22(12-14)17-7-3-4-8-18(17)24-13-19-21-20-15(2)23(19)16-9-10-16/h3-4,7-8,14,16H,5-6,9-13H2,1-2H3. The molecule has 0 spiro atoms. The van der Waals surface area contributed by atoms with E-state index in [0.717, 1.165) is 36.4 Å². The Labute approximate surface area is 143 Å². The second kappa shape index (κ2) is 6.46. The van der Waals surface area contributed by atoms with Crippen molar-refractivity contribution < 1.29 is 4.74 Å². The number of rotatable bonds is 5. The van der Waals surface area contributed by atoms with Crippen molar-refractivity contribution in [3.63, 3.8) is 0 Å². The van der Waals surface area contributed by atoms with Gasteiger partial charge in [-0.2, -0.15) is 0 Å². The summed E-state index contributed by atoms with van der Waals surface area (Å²) in [7, 11) is 0. The number of ether oxygens (including phenoxy) is 1. The molecule has 128 valence electrons. The number of para-hydroxylation sites is 2. The van der Waals surface area contributed by atoms with E-state index in [-0.39, 0.29) is 0 Å². The minimum absolute atomic E-state index is 0.484. The average molecular weight is 326 g/mol. The molecular weight excluding hydrogens is 300 g/mol. The summed E-state index contributed by atoms with van der Waals surface area (Å²) < 4.78 is 8.42. The number of aryl methyl sites for hydroxylation is 1. The van der Waals surface area contributed by atoms with Gasteiger partial charge in [-0.1, -0.05) is 19.1 Å². The van der Waals surface area contributed by atoms with Gasteiger partial charge in [0.15, 0.2) is 5.82 Å². The van der Waals surface area contributed by atoms with Gasteiger partial charge in [-0.15, -0.1) is 10.2 Å². The molecule has 0 bridgehead atoms. The monoisotopic (exact) mass is 326 g/mol. The molecule has 2 fully saturated rings. The third-order valence-corrected chi connectivity index (χ3v) is 5.07. The van der Waals surface area contributed by atoms with Crippen LogP contribution < -0.4 is 9.64 Å². The highest BCUT2D eigenvalue weighted by Crippen LogP contribution is 2.37. The minimum Gasteiger partial charge on any atom is -0.483 e. The zero-order valence-corrected chi connectivity index (χ0v) is 14.6. The fraction of sp³-hybridized carbons (Fsp3) is 0.579. The lowest BCUT2D eigenvalue weighted by Gasteiger charge is -2.33. The topological polar surface area (TPSA) is 43.2 Å². The number of piperidine rings is 1. The summed E-state index contributed by atoms with van der Waals surface area (Å²) in [5, 5.41) is 8.56.